The van der Waals surface area contributed by atoms with Crippen molar-refractivity contribution in [3.63, 3.8) is 0 Å². The maximum atomic E-state index is 13.1. The molecule has 0 spiro atoms. The second-order valence-corrected chi connectivity index (χ2v) is 4.88. The van der Waals surface area contributed by atoms with Crippen molar-refractivity contribution in [2.75, 3.05) is 26.2 Å². The summed E-state index contributed by atoms with van der Waals surface area (Å²) in [6.07, 6.45) is 0.583. The van der Waals surface area contributed by atoms with Crippen molar-refractivity contribution in [1.82, 2.24) is 10.2 Å². The number of hydrogen-bond acceptors (Lipinski definition) is 3. The standard InChI is InChI=1S/C14H18F2N2O2/c15-12-3-1-10(7-13(12)16)2-4-14(20)18-6-5-17-8-11(18)9-19/h1,3,7,11,17,19H,2,4-6,8-9H2/t11-/m1/s1. The lowest BCUT2D eigenvalue weighted by Gasteiger charge is -2.35. The van der Waals surface area contributed by atoms with Crippen LogP contribution in [0.3, 0.4) is 0 Å². The number of aryl methyl sites for hydroxylation is 1. The molecule has 20 heavy (non-hydrogen) atoms. The molecule has 1 fully saturated rings. The van der Waals surface area contributed by atoms with Crippen molar-refractivity contribution < 1.29 is 18.7 Å². The molecule has 0 unspecified atom stereocenters. The Balaban J connectivity index is 1.92. The van der Waals surface area contributed by atoms with E-state index in [-0.39, 0.29) is 25.0 Å². The molecule has 0 radical (unpaired) electrons. The zero-order chi connectivity index (χ0) is 14.5. The molecule has 0 bridgehead atoms. The minimum absolute atomic E-state index is 0.0738. The van der Waals surface area contributed by atoms with E-state index in [1.54, 1.807) is 4.90 Å². The van der Waals surface area contributed by atoms with E-state index in [1.807, 2.05) is 0 Å². The number of hydrogen-bond donors (Lipinski definition) is 2. The van der Waals surface area contributed by atoms with Gasteiger partial charge in [0.25, 0.3) is 0 Å². The van der Waals surface area contributed by atoms with Gasteiger partial charge in [-0.15, -0.1) is 0 Å². The Morgan fingerprint density at radius 1 is 1.40 bits per heavy atom. The molecule has 1 aliphatic rings. The zero-order valence-corrected chi connectivity index (χ0v) is 11.1. The summed E-state index contributed by atoms with van der Waals surface area (Å²) in [5.74, 6) is -1.86. The van der Waals surface area contributed by atoms with E-state index < -0.39 is 11.6 Å². The number of aliphatic hydroxyl groups is 1. The van der Waals surface area contributed by atoms with Crippen molar-refractivity contribution in [1.29, 1.82) is 0 Å². The minimum Gasteiger partial charge on any atom is -0.394 e. The topological polar surface area (TPSA) is 52.6 Å². The molecule has 0 aliphatic carbocycles. The summed E-state index contributed by atoms with van der Waals surface area (Å²) in [6.45, 7) is 1.76. The Hall–Kier alpha value is -1.53. The van der Waals surface area contributed by atoms with Crippen molar-refractivity contribution in [3.8, 4) is 0 Å². The maximum Gasteiger partial charge on any atom is 0.223 e. The van der Waals surface area contributed by atoms with E-state index in [9.17, 15) is 18.7 Å². The molecule has 2 rings (SSSR count). The lowest BCUT2D eigenvalue weighted by Crippen LogP contribution is -2.55. The number of carbonyl (C=O) groups is 1. The predicted octanol–water partition coefficient (Wildman–Crippen LogP) is 0.690. The third-order valence-corrected chi connectivity index (χ3v) is 3.49. The number of amides is 1. The van der Waals surface area contributed by atoms with Crippen molar-refractivity contribution in [2.24, 2.45) is 0 Å². The van der Waals surface area contributed by atoms with Crippen LogP contribution in [-0.2, 0) is 11.2 Å². The Bertz CT molecular complexity index is 482. The summed E-state index contributed by atoms with van der Waals surface area (Å²) < 4.78 is 25.9. The van der Waals surface area contributed by atoms with Gasteiger partial charge in [-0.25, -0.2) is 8.78 Å². The first-order valence-corrected chi connectivity index (χ1v) is 6.67. The number of aliphatic hydroxyl groups excluding tert-OH is 1. The lowest BCUT2D eigenvalue weighted by molar-refractivity contribution is -0.135. The molecular weight excluding hydrogens is 266 g/mol. The van der Waals surface area contributed by atoms with Crippen LogP contribution in [-0.4, -0.2) is 48.2 Å². The molecule has 1 saturated heterocycles. The highest BCUT2D eigenvalue weighted by Crippen LogP contribution is 2.12. The van der Waals surface area contributed by atoms with Crippen LogP contribution in [0, 0.1) is 11.6 Å². The van der Waals surface area contributed by atoms with Gasteiger partial charge in [0.05, 0.1) is 12.6 Å². The van der Waals surface area contributed by atoms with Crippen LogP contribution in [0.15, 0.2) is 18.2 Å². The molecule has 0 saturated carbocycles. The molecule has 2 N–H and O–H groups in total. The SMILES string of the molecule is O=C(CCc1ccc(F)c(F)c1)N1CCNC[C@@H]1CO. The number of nitrogens with zero attached hydrogens (tertiary/aromatic N) is 1. The highest BCUT2D eigenvalue weighted by atomic mass is 19.2. The van der Waals surface area contributed by atoms with Crippen molar-refractivity contribution >= 4 is 5.91 Å². The number of carbonyl (C=O) groups excluding carboxylic acids is 1. The van der Waals surface area contributed by atoms with Crippen LogP contribution < -0.4 is 5.32 Å². The summed E-state index contributed by atoms with van der Waals surface area (Å²) in [7, 11) is 0. The third-order valence-electron chi connectivity index (χ3n) is 3.49. The highest BCUT2D eigenvalue weighted by molar-refractivity contribution is 5.77. The summed E-state index contributed by atoms with van der Waals surface area (Å²) >= 11 is 0. The molecule has 1 heterocycles. The van der Waals surface area contributed by atoms with Gasteiger partial charge in [0, 0.05) is 26.1 Å². The molecule has 1 aliphatic heterocycles. The lowest BCUT2D eigenvalue weighted by atomic mass is 10.1. The van der Waals surface area contributed by atoms with Gasteiger partial charge < -0.3 is 15.3 Å². The van der Waals surface area contributed by atoms with E-state index >= 15 is 0 Å². The predicted molar refractivity (Wildman–Crippen MR) is 70.1 cm³/mol. The van der Waals surface area contributed by atoms with Crippen LogP contribution in [0.2, 0.25) is 0 Å². The fourth-order valence-corrected chi connectivity index (χ4v) is 2.34. The fraction of sp³-hybridized carbons (Fsp3) is 0.500. The molecule has 0 aromatic heterocycles. The van der Waals surface area contributed by atoms with Gasteiger partial charge in [-0.3, -0.25) is 4.79 Å². The first-order chi connectivity index (χ1) is 9.61. The second kappa shape index (κ2) is 6.76. The number of nitrogens with one attached hydrogen (secondary N) is 1. The summed E-state index contributed by atoms with van der Waals surface area (Å²) in [5.41, 5.74) is 0.591. The van der Waals surface area contributed by atoms with Crippen LogP contribution in [0.1, 0.15) is 12.0 Å². The first-order valence-electron chi connectivity index (χ1n) is 6.67. The smallest absolute Gasteiger partial charge is 0.223 e. The molecule has 1 amide bonds. The van der Waals surface area contributed by atoms with Gasteiger partial charge >= 0.3 is 0 Å². The fourth-order valence-electron chi connectivity index (χ4n) is 2.34. The Morgan fingerprint density at radius 3 is 2.90 bits per heavy atom. The maximum absolute atomic E-state index is 13.1. The summed E-state index contributed by atoms with van der Waals surface area (Å²) in [5, 5.41) is 12.4. The quantitative estimate of drug-likeness (QED) is 0.855. The van der Waals surface area contributed by atoms with E-state index in [4.69, 9.17) is 0 Å². The molecular formula is C14H18F2N2O2. The van der Waals surface area contributed by atoms with Gasteiger partial charge in [-0.1, -0.05) is 6.07 Å². The van der Waals surface area contributed by atoms with Gasteiger partial charge in [-0.05, 0) is 24.1 Å². The Morgan fingerprint density at radius 2 is 2.20 bits per heavy atom. The van der Waals surface area contributed by atoms with Crippen molar-refractivity contribution in [2.45, 2.75) is 18.9 Å². The Kier molecular flexibility index (Phi) is 5.03. The molecule has 1 aromatic carbocycles. The van der Waals surface area contributed by atoms with Crippen LogP contribution in [0.5, 0.6) is 0 Å². The van der Waals surface area contributed by atoms with Crippen molar-refractivity contribution in [3.05, 3.63) is 35.4 Å². The zero-order valence-electron chi connectivity index (χ0n) is 11.1. The number of benzene rings is 1. The molecule has 6 heteroatoms. The van der Waals surface area contributed by atoms with E-state index in [0.29, 0.717) is 31.6 Å². The van der Waals surface area contributed by atoms with Crippen LogP contribution >= 0.6 is 0 Å². The molecule has 1 aromatic rings. The average Bonchev–Trinajstić information content (AvgIpc) is 2.48. The van der Waals surface area contributed by atoms with Crippen LogP contribution in [0.4, 0.5) is 8.78 Å². The van der Waals surface area contributed by atoms with Gasteiger partial charge in [0.1, 0.15) is 0 Å². The molecule has 110 valence electrons. The Labute approximate surface area is 116 Å². The average molecular weight is 284 g/mol. The summed E-state index contributed by atoms with van der Waals surface area (Å²) in [4.78, 5) is 13.8. The minimum atomic E-state index is -0.898. The third kappa shape index (κ3) is 3.52. The number of piperazine rings is 1. The van der Waals surface area contributed by atoms with E-state index in [1.165, 1.54) is 6.07 Å². The second-order valence-electron chi connectivity index (χ2n) is 4.88. The van der Waals surface area contributed by atoms with Gasteiger partial charge in [0.2, 0.25) is 5.91 Å². The van der Waals surface area contributed by atoms with E-state index in [2.05, 4.69) is 5.32 Å². The van der Waals surface area contributed by atoms with Gasteiger partial charge in [0.15, 0.2) is 11.6 Å². The molecule has 4 nitrogen and oxygen atoms in total. The van der Waals surface area contributed by atoms with Gasteiger partial charge in [-0.2, -0.15) is 0 Å². The molecule has 1 atom stereocenters. The normalized spacial score (nSPS) is 19.1. The number of halogens is 2. The van der Waals surface area contributed by atoms with Crippen LogP contribution in [0.25, 0.3) is 0 Å². The van der Waals surface area contributed by atoms with E-state index in [0.717, 1.165) is 12.1 Å². The summed E-state index contributed by atoms with van der Waals surface area (Å²) in [6, 6.07) is 3.45. The first kappa shape index (κ1) is 14.9. The monoisotopic (exact) mass is 284 g/mol. The largest absolute Gasteiger partial charge is 0.394 e. The highest BCUT2D eigenvalue weighted by Gasteiger charge is 2.25. The number of rotatable bonds is 4.